The summed E-state index contributed by atoms with van der Waals surface area (Å²) in [6.45, 7) is 2.01. The first kappa shape index (κ1) is 19.3. The van der Waals surface area contributed by atoms with Gasteiger partial charge < -0.3 is 14.4 Å². The Bertz CT molecular complexity index is 1070. The van der Waals surface area contributed by atoms with E-state index in [0.29, 0.717) is 47.5 Å². The number of rotatable bonds is 5. The van der Waals surface area contributed by atoms with Crippen LogP contribution in [0.15, 0.2) is 42.6 Å². The summed E-state index contributed by atoms with van der Waals surface area (Å²) in [7, 11) is 2.85. The second-order valence-electron chi connectivity index (χ2n) is 7.00. The summed E-state index contributed by atoms with van der Waals surface area (Å²) >= 11 is 5.88. The highest BCUT2D eigenvalue weighted by atomic mass is 35.5. The summed E-state index contributed by atoms with van der Waals surface area (Å²) in [6, 6.07) is 10.3. The first-order chi connectivity index (χ1) is 14.0. The molecule has 2 heterocycles. The molecule has 4 rings (SSSR count). The molecule has 8 heteroatoms. The molecule has 7 nitrogen and oxygen atoms in total. The topological polar surface area (TPSA) is 73.7 Å². The Morgan fingerprint density at radius 2 is 1.86 bits per heavy atom. The lowest BCUT2D eigenvalue weighted by Crippen LogP contribution is -2.51. The third-order valence-corrected chi connectivity index (χ3v) is 5.33. The molecule has 1 aromatic heterocycles. The molecule has 1 aliphatic rings. The lowest BCUT2D eigenvalue weighted by molar-refractivity contribution is 0.0461. The van der Waals surface area contributed by atoms with Crippen LogP contribution in [0.1, 0.15) is 20.7 Å². The molecule has 3 aromatic rings. The summed E-state index contributed by atoms with van der Waals surface area (Å²) in [5.41, 5.74) is 1.74. The van der Waals surface area contributed by atoms with Crippen molar-refractivity contribution < 1.29 is 19.1 Å². The molecular formula is C21H20ClN3O4. The number of ether oxygens (including phenoxy) is 2. The highest BCUT2D eigenvalue weighted by molar-refractivity contribution is 6.30. The van der Waals surface area contributed by atoms with E-state index >= 15 is 0 Å². The van der Waals surface area contributed by atoms with Crippen LogP contribution in [-0.2, 0) is 11.3 Å². The number of hydrogen-bond donors (Lipinski definition) is 0. The first-order valence-corrected chi connectivity index (χ1v) is 9.55. The number of nitrogens with zero attached hydrogens (tertiary/aromatic N) is 3. The van der Waals surface area contributed by atoms with E-state index in [4.69, 9.17) is 21.1 Å². The van der Waals surface area contributed by atoms with Crippen molar-refractivity contribution in [3.63, 3.8) is 0 Å². The molecular weight excluding hydrogens is 394 g/mol. The smallest absolute Gasteiger partial charge is 0.341 e. The van der Waals surface area contributed by atoms with Gasteiger partial charge in [0.15, 0.2) is 0 Å². The molecule has 0 unspecified atom stereocenters. The Labute approximate surface area is 172 Å². The molecule has 0 bridgehead atoms. The fraction of sp³-hybridized carbons (Fsp3) is 0.286. The predicted molar refractivity (Wildman–Crippen MR) is 108 cm³/mol. The van der Waals surface area contributed by atoms with Crippen molar-refractivity contribution in [2.75, 3.05) is 27.3 Å². The number of fused-ring (bicyclic) bond motifs is 1. The molecule has 0 radical (unpaired) electrons. The highest BCUT2D eigenvalue weighted by Gasteiger charge is 2.31. The Kier molecular flexibility index (Phi) is 5.15. The number of aromatic nitrogens is 2. The van der Waals surface area contributed by atoms with E-state index in [-0.39, 0.29) is 5.91 Å². The molecule has 0 saturated carbocycles. The van der Waals surface area contributed by atoms with Gasteiger partial charge in [-0.25, -0.2) is 4.79 Å². The number of carbonyl (C=O) groups excluding carboxylic acids is 2. The second-order valence-corrected chi connectivity index (χ2v) is 7.44. The average Bonchev–Trinajstić information content (AvgIpc) is 3.11. The fourth-order valence-corrected chi connectivity index (χ4v) is 3.72. The minimum absolute atomic E-state index is 0.00734. The number of esters is 1. The minimum atomic E-state index is -0.452. The average molecular weight is 414 g/mol. The minimum Gasteiger partial charge on any atom is -0.495 e. The van der Waals surface area contributed by atoms with Crippen LogP contribution >= 0.6 is 11.6 Å². The van der Waals surface area contributed by atoms with Crippen molar-refractivity contribution in [1.29, 1.82) is 0 Å². The summed E-state index contributed by atoms with van der Waals surface area (Å²) in [5, 5.41) is 5.94. The van der Waals surface area contributed by atoms with Gasteiger partial charge in [0.25, 0.3) is 5.91 Å². The van der Waals surface area contributed by atoms with Crippen molar-refractivity contribution in [1.82, 2.24) is 14.7 Å². The van der Waals surface area contributed by atoms with E-state index in [1.165, 1.54) is 14.2 Å². The number of methoxy groups -OCH3 is 2. The van der Waals surface area contributed by atoms with Gasteiger partial charge in [-0.05, 0) is 36.4 Å². The van der Waals surface area contributed by atoms with Crippen LogP contribution in [0.4, 0.5) is 0 Å². The molecule has 1 fully saturated rings. The van der Waals surface area contributed by atoms with Crippen LogP contribution in [0.5, 0.6) is 5.75 Å². The van der Waals surface area contributed by atoms with Gasteiger partial charge in [0.2, 0.25) is 0 Å². The maximum Gasteiger partial charge on any atom is 0.341 e. The predicted octanol–water partition coefficient (Wildman–Crippen LogP) is 3.26. The van der Waals surface area contributed by atoms with E-state index in [1.807, 2.05) is 15.8 Å². The van der Waals surface area contributed by atoms with Gasteiger partial charge in [-0.15, -0.1) is 0 Å². The van der Waals surface area contributed by atoms with Gasteiger partial charge in [0.05, 0.1) is 25.1 Å². The van der Waals surface area contributed by atoms with Crippen molar-refractivity contribution in [2.45, 2.75) is 6.54 Å². The van der Waals surface area contributed by atoms with Crippen LogP contribution in [-0.4, -0.2) is 53.9 Å². The zero-order valence-electron chi connectivity index (χ0n) is 16.1. The van der Waals surface area contributed by atoms with Gasteiger partial charge in [0, 0.05) is 42.3 Å². The number of amides is 1. The van der Waals surface area contributed by atoms with E-state index < -0.39 is 5.97 Å². The third kappa shape index (κ3) is 3.65. The SMILES string of the molecule is COC(=O)c1ccc2nn(CC3CN(C(=O)c4ccc(Cl)cc4)C3)cc2c1OC. The second kappa shape index (κ2) is 7.75. The standard InChI is InChI=1S/C21H20ClN3O4/c1-28-19-16(21(27)29-2)7-8-18-17(19)12-25(23-18)11-13-9-24(10-13)20(26)14-3-5-15(22)6-4-14/h3-8,12-13H,9-11H2,1-2H3. The van der Waals surface area contributed by atoms with Gasteiger partial charge in [-0.2, -0.15) is 5.10 Å². The van der Waals surface area contributed by atoms with Crippen molar-refractivity contribution >= 4 is 34.4 Å². The number of hydrogen-bond acceptors (Lipinski definition) is 5. The van der Waals surface area contributed by atoms with Gasteiger partial charge in [-0.1, -0.05) is 11.6 Å². The van der Waals surface area contributed by atoms with E-state index in [9.17, 15) is 9.59 Å². The molecule has 0 atom stereocenters. The third-order valence-electron chi connectivity index (χ3n) is 5.08. The lowest BCUT2D eigenvalue weighted by atomic mass is 9.99. The largest absolute Gasteiger partial charge is 0.495 e. The van der Waals surface area contributed by atoms with Crippen LogP contribution in [0.3, 0.4) is 0 Å². The Balaban J connectivity index is 1.45. The molecule has 0 spiro atoms. The lowest BCUT2D eigenvalue weighted by Gasteiger charge is -2.39. The summed E-state index contributed by atoms with van der Waals surface area (Å²) in [5.74, 6) is 0.320. The Hall–Kier alpha value is -3.06. The summed E-state index contributed by atoms with van der Waals surface area (Å²) < 4.78 is 12.1. The van der Waals surface area contributed by atoms with Gasteiger partial charge >= 0.3 is 5.97 Å². The van der Waals surface area contributed by atoms with Crippen LogP contribution in [0, 0.1) is 5.92 Å². The number of halogens is 1. The molecule has 1 amide bonds. The summed E-state index contributed by atoms with van der Waals surface area (Å²) in [4.78, 5) is 26.2. The maximum absolute atomic E-state index is 12.5. The van der Waals surface area contributed by atoms with Crippen molar-refractivity contribution in [3.05, 3.63) is 58.7 Å². The van der Waals surface area contributed by atoms with Crippen LogP contribution in [0.2, 0.25) is 5.02 Å². The molecule has 1 saturated heterocycles. The Morgan fingerprint density at radius 1 is 1.14 bits per heavy atom. The van der Waals surface area contributed by atoms with Crippen LogP contribution < -0.4 is 4.74 Å². The monoisotopic (exact) mass is 413 g/mol. The maximum atomic E-state index is 12.5. The molecule has 0 N–H and O–H groups in total. The van der Waals surface area contributed by atoms with Crippen molar-refractivity contribution in [3.8, 4) is 5.75 Å². The molecule has 2 aromatic carbocycles. The van der Waals surface area contributed by atoms with E-state index in [2.05, 4.69) is 5.10 Å². The van der Waals surface area contributed by atoms with E-state index in [0.717, 1.165) is 10.9 Å². The van der Waals surface area contributed by atoms with Gasteiger partial charge in [0.1, 0.15) is 11.3 Å². The number of benzene rings is 2. The fourth-order valence-electron chi connectivity index (χ4n) is 3.59. The zero-order valence-corrected chi connectivity index (χ0v) is 16.8. The highest BCUT2D eigenvalue weighted by Crippen LogP contribution is 2.30. The number of carbonyl (C=O) groups is 2. The van der Waals surface area contributed by atoms with Crippen molar-refractivity contribution in [2.24, 2.45) is 5.92 Å². The quantitative estimate of drug-likeness (QED) is 0.600. The summed E-state index contributed by atoms with van der Waals surface area (Å²) in [6.07, 6.45) is 1.87. The van der Waals surface area contributed by atoms with Gasteiger partial charge in [-0.3, -0.25) is 9.48 Å². The number of likely N-dealkylation sites (tertiary alicyclic amines) is 1. The van der Waals surface area contributed by atoms with E-state index in [1.54, 1.807) is 36.4 Å². The zero-order chi connectivity index (χ0) is 20.5. The first-order valence-electron chi connectivity index (χ1n) is 9.17. The molecule has 0 aliphatic carbocycles. The normalized spacial score (nSPS) is 14.0. The molecule has 1 aliphatic heterocycles. The Morgan fingerprint density at radius 3 is 2.52 bits per heavy atom. The molecule has 150 valence electrons. The van der Waals surface area contributed by atoms with Crippen LogP contribution in [0.25, 0.3) is 10.9 Å². The molecule has 29 heavy (non-hydrogen) atoms.